The number of halogens is 1. The van der Waals surface area contributed by atoms with Crippen LogP contribution in [-0.4, -0.2) is 24.8 Å². The number of aliphatic hydroxyl groups is 1. The van der Waals surface area contributed by atoms with Crippen molar-refractivity contribution < 1.29 is 9.84 Å². The van der Waals surface area contributed by atoms with E-state index in [0.717, 1.165) is 17.7 Å². The average molecular weight is 320 g/mol. The maximum absolute atomic E-state index is 10.2. The van der Waals surface area contributed by atoms with E-state index in [4.69, 9.17) is 16.3 Å². The fourth-order valence-electron chi connectivity index (χ4n) is 2.33. The molecule has 2 aromatic carbocycles. The zero-order valence-corrected chi connectivity index (χ0v) is 13.7. The second-order valence-electron chi connectivity index (χ2n) is 5.43. The SMILES string of the molecule is COc1ccc(CC(C)NCC(O)c2cccc(Cl)c2)cc1. The average Bonchev–Trinajstić information content (AvgIpc) is 2.53. The van der Waals surface area contributed by atoms with Gasteiger partial charge in [0.2, 0.25) is 0 Å². The van der Waals surface area contributed by atoms with Gasteiger partial charge in [-0.25, -0.2) is 0 Å². The summed E-state index contributed by atoms with van der Waals surface area (Å²) in [4.78, 5) is 0. The molecular formula is C18H22ClNO2. The Morgan fingerprint density at radius 2 is 1.91 bits per heavy atom. The monoisotopic (exact) mass is 319 g/mol. The van der Waals surface area contributed by atoms with Gasteiger partial charge in [-0.2, -0.15) is 0 Å². The molecule has 0 saturated heterocycles. The fourth-order valence-corrected chi connectivity index (χ4v) is 2.53. The van der Waals surface area contributed by atoms with Gasteiger partial charge in [-0.15, -0.1) is 0 Å². The van der Waals surface area contributed by atoms with Gasteiger partial charge in [-0.1, -0.05) is 35.9 Å². The van der Waals surface area contributed by atoms with E-state index in [1.807, 2.05) is 24.3 Å². The molecule has 0 fully saturated rings. The predicted molar refractivity (Wildman–Crippen MR) is 90.6 cm³/mol. The molecule has 2 N–H and O–H groups in total. The third kappa shape index (κ3) is 5.02. The molecule has 0 spiro atoms. The van der Waals surface area contributed by atoms with Crippen molar-refractivity contribution in [3.63, 3.8) is 0 Å². The first-order valence-corrected chi connectivity index (χ1v) is 7.76. The molecule has 0 saturated carbocycles. The number of rotatable bonds is 7. The number of ether oxygens (including phenoxy) is 1. The third-order valence-electron chi connectivity index (χ3n) is 3.59. The molecule has 0 aliphatic carbocycles. The van der Waals surface area contributed by atoms with Gasteiger partial charge in [0.05, 0.1) is 13.2 Å². The maximum Gasteiger partial charge on any atom is 0.118 e. The Balaban J connectivity index is 1.82. The molecule has 2 unspecified atom stereocenters. The summed E-state index contributed by atoms with van der Waals surface area (Å²) >= 11 is 5.94. The van der Waals surface area contributed by atoms with Crippen LogP contribution in [0.15, 0.2) is 48.5 Å². The van der Waals surface area contributed by atoms with Gasteiger partial charge in [-0.3, -0.25) is 0 Å². The fraction of sp³-hybridized carbons (Fsp3) is 0.333. The van der Waals surface area contributed by atoms with Crippen LogP contribution in [-0.2, 0) is 6.42 Å². The van der Waals surface area contributed by atoms with Crippen molar-refractivity contribution in [3.8, 4) is 5.75 Å². The maximum atomic E-state index is 10.2. The molecule has 118 valence electrons. The normalized spacial score (nSPS) is 13.6. The molecule has 4 heteroatoms. The minimum atomic E-state index is -0.558. The Bertz CT molecular complexity index is 586. The number of nitrogens with one attached hydrogen (secondary N) is 1. The van der Waals surface area contributed by atoms with Gasteiger partial charge in [0, 0.05) is 17.6 Å². The zero-order chi connectivity index (χ0) is 15.9. The smallest absolute Gasteiger partial charge is 0.118 e. The van der Waals surface area contributed by atoms with Crippen molar-refractivity contribution in [3.05, 3.63) is 64.7 Å². The number of benzene rings is 2. The summed E-state index contributed by atoms with van der Waals surface area (Å²) in [6.07, 6.45) is 0.337. The Morgan fingerprint density at radius 3 is 2.55 bits per heavy atom. The van der Waals surface area contributed by atoms with Crippen LogP contribution in [0.3, 0.4) is 0 Å². The zero-order valence-electron chi connectivity index (χ0n) is 12.9. The number of hydrogen-bond acceptors (Lipinski definition) is 3. The van der Waals surface area contributed by atoms with E-state index in [-0.39, 0.29) is 6.04 Å². The van der Waals surface area contributed by atoms with Crippen molar-refractivity contribution in [2.45, 2.75) is 25.5 Å². The third-order valence-corrected chi connectivity index (χ3v) is 3.83. The Morgan fingerprint density at radius 1 is 1.18 bits per heavy atom. The summed E-state index contributed by atoms with van der Waals surface area (Å²) in [6.45, 7) is 2.60. The van der Waals surface area contributed by atoms with Crippen molar-refractivity contribution >= 4 is 11.6 Å². The lowest BCUT2D eigenvalue weighted by Gasteiger charge is -2.18. The van der Waals surface area contributed by atoms with Gasteiger partial charge in [0.15, 0.2) is 0 Å². The first-order valence-electron chi connectivity index (χ1n) is 7.38. The van der Waals surface area contributed by atoms with E-state index in [9.17, 15) is 5.11 Å². The number of hydrogen-bond donors (Lipinski definition) is 2. The van der Waals surface area contributed by atoms with Crippen molar-refractivity contribution in [2.75, 3.05) is 13.7 Å². The van der Waals surface area contributed by atoms with Crippen molar-refractivity contribution in [1.82, 2.24) is 5.32 Å². The minimum absolute atomic E-state index is 0.266. The van der Waals surface area contributed by atoms with Crippen LogP contribution < -0.4 is 10.1 Å². The molecule has 2 atom stereocenters. The second kappa shape index (κ2) is 8.18. The topological polar surface area (TPSA) is 41.5 Å². The Hall–Kier alpha value is -1.55. The molecule has 2 aromatic rings. The van der Waals surface area contributed by atoms with Crippen LogP contribution in [0.5, 0.6) is 5.75 Å². The highest BCUT2D eigenvalue weighted by atomic mass is 35.5. The van der Waals surface area contributed by atoms with E-state index in [1.165, 1.54) is 5.56 Å². The van der Waals surface area contributed by atoms with E-state index in [2.05, 4.69) is 24.4 Å². The summed E-state index contributed by atoms with van der Waals surface area (Å²) in [6, 6.07) is 15.6. The van der Waals surface area contributed by atoms with E-state index in [0.29, 0.717) is 11.6 Å². The van der Waals surface area contributed by atoms with E-state index in [1.54, 1.807) is 19.2 Å². The molecule has 0 aromatic heterocycles. The van der Waals surface area contributed by atoms with Crippen LogP contribution in [0.4, 0.5) is 0 Å². The number of aliphatic hydroxyl groups excluding tert-OH is 1. The molecule has 0 radical (unpaired) electrons. The molecule has 22 heavy (non-hydrogen) atoms. The molecular weight excluding hydrogens is 298 g/mol. The van der Waals surface area contributed by atoms with E-state index >= 15 is 0 Å². The first kappa shape index (κ1) is 16.8. The molecule has 0 bridgehead atoms. The second-order valence-corrected chi connectivity index (χ2v) is 5.87. The van der Waals surface area contributed by atoms with Crippen LogP contribution in [0.1, 0.15) is 24.2 Å². The van der Waals surface area contributed by atoms with Crippen molar-refractivity contribution in [2.24, 2.45) is 0 Å². The van der Waals surface area contributed by atoms with Crippen LogP contribution in [0.25, 0.3) is 0 Å². The van der Waals surface area contributed by atoms with Crippen LogP contribution in [0.2, 0.25) is 5.02 Å². The first-order chi connectivity index (χ1) is 10.6. The number of methoxy groups -OCH3 is 1. The highest BCUT2D eigenvalue weighted by molar-refractivity contribution is 6.30. The van der Waals surface area contributed by atoms with Gasteiger partial charge in [-0.05, 0) is 48.7 Å². The summed E-state index contributed by atoms with van der Waals surface area (Å²) < 4.78 is 5.15. The lowest BCUT2D eigenvalue weighted by molar-refractivity contribution is 0.170. The lowest BCUT2D eigenvalue weighted by atomic mass is 10.1. The minimum Gasteiger partial charge on any atom is -0.497 e. The molecule has 0 amide bonds. The quantitative estimate of drug-likeness (QED) is 0.819. The Labute approximate surface area is 136 Å². The van der Waals surface area contributed by atoms with Gasteiger partial charge < -0.3 is 15.2 Å². The summed E-state index contributed by atoms with van der Waals surface area (Å²) in [5.74, 6) is 0.862. The summed E-state index contributed by atoms with van der Waals surface area (Å²) in [5.41, 5.74) is 2.06. The molecule has 3 nitrogen and oxygen atoms in total. The van der Waals surface area contributed by atoms with Crippen LogP contribution >= 0.6 is 11.6 Å². The van der Waals surface area contributed by atoms with Gasteiger partial charge in [0.25, 0.3) is 0 Å². The highest BCUT2D eigenvalue weighted by Crippen LogP contribution is 2.17. The molecule has 0 aliphatic heterocycles. The molecule has 2 rings (SSSR count). The summed E-state index contributed by atoms with van der Waals surface area (Å²) in [5, 5.41) is 14.2. The predicted octanol–water partition coefficient (Wildman–Crippen LogP) is 3.60. The lowest BCUT2D eigenvalue weighted by Crippen LogP contribution is -2.32. The largest absolute Gasteiger partial charge is 0.497 e. The van der Waals surface area contributed by atoms with Crippen molar-refractivity contribution in [1.29, 1.82) is 0 Å². The van der Waals surface area contributed by atoms with E-state index < -0.39 is 6.10 Å². The Kier molecular flexibility index (Phi) is 6.25. The standard InChI is InChI=1S/C18H22ClNO2/c1-13(10-14-6-8-17(22-2)9-7-14)20-12-18(21)15-4-3-5-16(19)11-15/h3-9,11,13,18,20-21H,10,12H2,1-2H3. The molecule has 0 aliphatic rings. The van der Waals surface area contributed by atoms with Gasteiger partial charge >= 0.3 is 0 Å². The van der Waals surface area contributed by atoms with Crippen LogP contribution in [0, 0.1) is 0 Å². The van der Waals surface area contributed by atoms with Gasteiger partial charge in [0.1, 0.15) is 5.75 Å². The highest BCUT2D eigenvalue weighted by Gasteiger charge is 2.10. The summed E-state index contributed by atoms with van der Waals surface area (Å²) in [7, 11) is 1.66. The molecule has 0 heterocycles.